The fourth-order valence-electron chi connectivity index (χ4n) is 2.67. The molecule has 0 heterocycles. The summed E-state index contributed by atoms with van der Waals surface area (Å²) in [6, 6.07) is 6.44. The highest BCUT2D eigenvalue weighted by Crippen LogP contribution is 2.36. The number of carbonyl (C=O) groups excluding carboxylic acids is 2. The van der Waals surface area contributed by atoms with E-state index in [4.69, 9.17) is 5.73 Å². The number of hydrogen-bond donors (Lipinski definition) is 2. The molecule has 0 fully saturated rings. The molecule has 0 aliphatic rings. The quantitative estimate of drug-likeness (QED) is 0.587. The Labute approximate surface area is 175 Å². The average molecular weight is 497 g/mol. The van der Waals surface area contributed by atoms with Crippen LogP contribution < -0.4 is 11.1 Å². The van der Waals surface area contributed by atoms with Crippen LogP contribution in [0.5, 0.6) is 0 Å². The van der Waals surface area contributed by atoms with Gasteiger partial charge in [0.1, 0.15) is 6.04 Å². The van der Waals surface area contributed by atoms with Crippen molar-refractivity contribution in [3.05, 3.63) is 69.2 Å². The van der Waals surface area contributed by atoms with Crippen LogP contribution in [-0.2, 0) is 34.8 Å². The van der Waals surface area contributed by atoms with Gasteiger partial charge in [-0.25, -0.2) is 0 Å². The first-order valence-electron chi connectivity index (χ1n) is 8.37. The van der Waals surface area contributed by atoms with E-state index < -0.39 is 53.3 Å². The molecule has 0 bridgehead atoms. The van der Waals surface area contributed by atoms with E-state index in [-0.39, 0.29) is 12.5 Å². The summed E-state index contributed by atoms with van der Waals surface area (Å²) < 4.78 is 78.3. The van der Waals surface area contributed by atoms with Crippen molar-refractivity contribution in [3.8, 4) is 0 Å². The maximum absolute atomic E-state index is 12.9. The fraction of sp³-hybridized carbons (Fsp3) is 0.263. The second-order valence-corrected chi connectivity index (χ2v) is 7.36. The van der Waals surface area contributed by atoms with Gasteiger partial charge in [0, 0.05) is 10.9 Å². The van der Waals surface area contributed by atoms with Gasteiger partial charge in [-0.05, 0) is 41.5 Å². The van der Waals surface area contributed by atoms with Crippen molar-refractivity contribution in [2.45, 2.75) is 31.2 Å². The Bertz CT molecular complexity index is 911. The molecule has 2 rings (SSSR count). The molecule has 0 aromatic heterocycles. The predicted octanol–water partition coefficient (Wildman–Crippen LogP) is 4.24. The standard InChI is InChI=1S/C19H15BrF6N2O2/c20-14-3-1-2-10(6-14)7-15(17(27)30)28-16(29)8-11-4-12(18(21,22)23)9-13(5-11)19(24,25)26/h1-6,9,15H,7-8H2,(H2,27,30)(H,28,29)/t15-/m0/s1. The highest BCUT2D eigenvalue weighted by molar-refractivity contribution is 9.10. The zero-order valence-electron chi connectivity index (χ0n) is 15.1. The maximum atomic E-state index is 12.9. The minimum atomic E-state index is -5.02. The van der Waals surface area contributed by atoms with Crippen LogP contribution in [0.2, 0.25) is 0 Å². The van der Waals surface area contributed by atoms with Gasteiger partial charge in [-0.1, -0.05) is 28.1 Å². The summed E-state index contributed by atoms with van der Waals surface area (Å²) in [7, 11) is 0. The van der Waals surface area contributed by atoms with Crippen LogP contribution in [0.15, 0.2) is 46.9 Å². The molecule has 0 saturated carbocycles. The van der Waals surface area contributed by atoms with Gasteiger partial charge in [-0.15, -0.1) is 0 Å². The fourth-order valence-corrected chi connectivity index (χ4v) is 3.12. The normalized spacial score (nSPS) is 13.0. The van der Waals surface area contributed by atoms with E-state index in [1.807, 2.05) is 0 Å². The molecule has 2 aromatic carbocycles. The SMILES string of the molecule is NC(=O)[C@H](Cc1cccc(Br)c1)NC(=O)Cc1cc(C(F)(F)F)cc(C(F)(F)F)c1. The third kappa shape index (κ3) is 6.75. The van der Waals surface area contributed by atoms with Crippen LogP contribution in [0.1, 0.15) is 22.3 Å². The van der Waals surface area contributed by atoms with Gasteiger partial charge < -0.3 is 11.1 Å². The third-order valence-corrected chi connectivity index (χ3v) is 4.51. The molecule has 11 heteroatoms. The molecule has 0 radical (unpaired) electrons. The molecule has 2 amide bonds. The van der Waals surface area contributed by atoms with Crippen molar-refractivity contribution in [2.75, 3.05) is 0 Å². The Morgan fingerprint density at radius 2 is 1.50 bits per heavy atom. The van der Waals surface area contributed by atoms with Crippen LogP contribution in [-0.4, -0.2) is 17.9 Å². The van der Waals surface area contributed by atoms with Gasteiger partial charge in [0.2, 0.25) is 11.8 Å². The molecule has 4 nitrogen and oxygen atoms in total. The first-order chi connectivity index (χ1) is 13.8. The molecule has 1 atom stereocenters. The smallest absolute Gasteiger partial charge is 0.368 e. The summed E-state index contributed by atoms with van der Waals surface area (Å²) in [4.78, 5) is 23.9. The lowest BCUT2D eigenvalue weighted by molar-refractivity contribution is -0.143. The molecule has 162 valence electrons. The van der Waals surface area contributed by atoms with Crippen molar-refractivity contribution >= 4 is 27.7 Å². The Balaban J connectivity index is 2.21. The van der Waals surface area contributed by atoms with Crippen molar-refractivity contribution in [2.24, 2.45) is 5.73 Å². The van der Waals surface area contributed by atoms with E-state index in [0.717, 1.165) is 0 Å². The number of hydrogen-bond acceptors (Lipinski definition) is 2. The number of nitrogens with one attached hydrogen (secondary N) is 1. The Morgan fingerprint density at radius 3 is 1.97 bits per heavy atom. The Hall–Kier alpha value is -2.56. The number of primary amides is 1. The number of amides is 2. The van der Waals surface area contributed by atoms with E-state index in [1.54, 1.807) is 24.3 Å². The topological polar surface area (TPSA) is 72.2 Å². The van der Waals surface area contributed by atoms with E-state index in [1.165, 1.54) is 0 Å². The lowest BCUT2D eigenvalue weighted by atomic mass is 10.0. The van der Waals surface area contributed by atoms with Gasteiger partial charge >= 0.3 is 12.4 Å². The van der Waals surface area contributed by atoms with Crippen LogP contribution in [0.3, 0.4) is 0 Å². The second kappa shape index (κ2) is 9.07. The molecule has 2 aromatic rings. The predicted molar refractivity (Wildman–Crippen MR) is 99.1 cm³/mol. The Morgan fingerprint density at radius 1 is 0.933 bits per heavy atom. The van der Waals surface area contributed by atoms with Crippen molar-refractivity contribution in [3.63, 3.8) is 0 Å². The summed E-state index contributed by atoms with van der Waals surface area (Å²) in [6.45, 7) is 0. The van der Waals surface area contributed by atoms with Gasteiger partial charge in [-0.3, -0.25) is 9.59 Å². The summed E-state index contributed by atoms with van der Waals surface area (Å²) in [6.07, 6.45) is -10.8. The van der Waals surface area contributed by atoms with Crippen LogP contribution in [0.4, 0.5) is 26.3 Å². The van der Waals surface area contributed by atoms with Crippen LogP contribution in [0, 0.1) is 0 Å². The molecule has 0 aliphatic heterocycles. The zero-order valence-corrected chi connectivity index (χ0v) is 16.7. The number of nitrogens with two attached hydrogens (primary N) is 1. The first kappa shape index (κ1) is 23.7. The van der Waals surface area contributed by atoms with Gasteiger partial charge in [0.15, 0.2) is 0 Å². The number of alkyl halides is 6. The van der Waals surface area contributed by atoms with Crippen LogP contribution in [0.25, 0.3) is 0 Å². The van der Waals surface area contributed by atoms with Crippen molar-refractivity contribution in [1.29, 1.82) is 0 Å². The van der Waals surface area contributed by atoms with E-state index in [9.17, 15) is 35.9 Å². The molecule has 3 N–H and O–H groups in total. The number of halogens is 7. The second-order valence-electron chi connectivity index (χ2n) is 6.45. The van der Waals surface area contributed by atoms with Crippen molar-refractivity contribution < 1.29 is 35.9 Å². The molecule has 0 saturated heterocycles. The van der Waals surface area contributed by atoms with E-state index >= 15 is 0 Å². The molecule has 30 heavy (non-hydrogen) atoms. The molecule has 0 spiro atoms. The molecule has 0 unspecified atom stereocenters. The lowest BCUT2D eigenvalue weighted by Crippen LogP contribution is -2.46. The van der Waals surface area contributed by atoms with Gasteiger partial charge in [0.05, 0.1) is 17.5 Å². The molecule has 0 aliphatic carbocycles. The average Bonchev–Trinajstić information content (AvgIpc) is 2.59. The summed E-state index contributed by atoms with van der Waals surface area (Å²) in [5, 5.41) is 2.26. The minimum Gasteiger partial charge on any atom is -0.368 e. The first-order valence-corrected chi connectivity index (χ1v) is 9.16. The van der Waals surface area contributed by atoms with E-state index in [2.05, 4.69) is 21.2 Å². The number of rotatable bonds is 6. The molecular formula is C19H15BrF6N2O2. The summed E-state index contributed by atoms with van der Waals surface area (Å²) in [5.41, 5.74) is 2.34. The largest absolute Gasteiger partial charge is 0.416 e. The number of benzene rings is 2. The van der Waals surface area contributed by atoms with Gasteiger partial charge in [-0.2, -0.15) is 26.3 Å². The summed E-state index contributed by atoms with van der Waals surface area (Å²) in [5.74, 6) is -1.84. The maximum Gasteiger partial charge on any atom is 0.416 e. The summed E-state index contributed by atoms with van der Waals surface area (Å²) >= 11 is 3.24. The molecular weight excluding hydrogens is 482 g/mol. The lowest BCUT2D eigenvalue weighted by Gasteiger charge is -2.17. The van der Waals surface area contributed by atoms with E-state index in [0.29, 0.717) is 22.2 Å². The third-order valence-electron chi connectivity index (χ3n) is 4.02. The highest BCUT2D eigenvalue weighted by atomic mass is 79.9. The van der Waals surface area contributed by atoms with Gasteiger partial charge in [0.25, 0.3) is 0 Å². The zero-order chi connectivity index (χ0) is 22.7. The van der Waals surface area contributed by atoms with Crippen LogP contribution >= 0.6 is 15.9 Å². The monoisotopic (exact) mass is 496 g/mol. The van der Waals surface area contributed by atoms with Crippen molar-refractivity contribution in [1.82, 2.24) is 5.32 Å². The Kier molecular flexibility index (Phi) is 7.17. The minimum absolute atomic E-state index is 0.00307. The number of carbonyl (C=O) groups is 2. The highest BCUT2D eigenvalue weighted by Gasteiger charge is 2.37.